The average Bonchev–Trinajstić information content (AvgIpc) is 2.37. The number of hydrogen-bond donors (Lipinski definition) is 1. The molecule has 2 N–H and O–H groups in total. The van der Waals surface area contributed by atoms with Gasteiger partial charge in [0.25, 0.3) is 0 Å². The number of hydrogen-bond acceptors (Lipinski definition) is 3. The molecule has 1 aromatic rings. The summed E-state index contributed by atoms with van der Waals surface area (Å²) in [5.41, 5.74) is 7.50. The van der Waals surface area contributed by atoms with E-state index in [0.717, 1.165) is 23.3 Å². The van der Waals surface area contributed by atoms with Crippen LogP contribution in [0.2, 0.25) is 0 Å². The molecule has 0 heterocycles. The average molecular weight is 246 g/mol. The van der Waals surface area contributed by atoms with Gasteiger partial charge in [-0.05, 0) is 44.2 Å². The van der Waals surface area contributed by atoms with Gasteiger partial charge in [0, 0.05) is 0 Å². The standard InChI is InChI=1S/C15H22N2O/c1-4-15(17,11-16)9-6-10-18-14-12(2)7-5-8-13(14)3/h5,7-8H,4,6,9-10,17H2,1-3H3. The maximum atomic E-state index is 8.97. The molecule has 0 bridgehead atoms. The topological polar surface area (TPSA) is 59.0 Å². The number of rotatable bonds is 6. The van der Waals surface area contributed by atoms with E-state index in [-0.39, 0.29) is 0 Å². The summed E-state index contributed by atoms with van der Waals surface area (Å²) in [4.78, 5) is 0. The molecule has 0 spiro atoms. The minimum Gasteiger partial charge on any atom is -0.493 e. The summed E-state index contributed by atoms with van der Waals surface area (Å²) in [6.45, 7) is 6.62. The number of para-hydroxylation sites is 1. The van der Waals surface area contributed by atoms with Gasteiger partial charge in [0.15, 0.2) is 0 Å². The van der Waals surface area contributed by atoms with Gasteiger partial charge in [0.05, 0.1) is 12.7 Å². The zero-order chi connectivity index (χ0) is 13.6. The first-order valence-electron chi connectivity index (χ1n) is 6.41. The van der Waals surface area contributed by atoms with Gasteiger partial charge in [-0.3, -0.25) is 0 Å². The van der Waals surface area contributed by atoms with Crippen LogP contribution in [-0.2, 0) is 0 Å². The van der Waals surface area contributed by atoms with Crippen molar-refractivity contribution < 1.29 is 4.74 Å². The molecule has 1 unspecified atom stereocenters. The summed E-state index contributed by atoms with van der Waals surface area (Å²) in [6.07, 6.45) is 2.14. The van der Waals surface area contributed by atoms with Crippen LogP contribution < -0.4 is 10.5 Å². The fourth-order valence-electron chi connectivity index (χ4n) is 1.90. The number of nitrogens with two attached hydrogens (primary N) is 1. The van der Waals surface area contributed by atoms with E-state index in [1.807, 2.05) is 39.0 Å². The first-order valence-corrected chi connectivity index (χ1v) is 6.41. The quantitative estimate of drug-likeness (QED) is 0.785. The van der Waals surface area contributed by atoms with Crippen molar-refractivity contribution in [1.29, 1.82) is 5.26 Å². The van der Waals surface area contributed by atoms with Crippen LogP contribution in [0.5, 0.6) is 5.75 Å². The summed E-state index contributed by atoms with van der Waals surface area (Å²) >= 11 is 0. The van der Waals surface area contributed by atoms with Gasteiger partial charge in [0.2, 0.25) is 0 Å². The van der Waals surface area contributed by atoms with Gasteiger partial charge in [-0.25, -0.2) is 0 Å². The molecule has 3 heteroatoms. The van der Waals surface area contributed by atoms with E-state index in [4.69, 9.17) is 15.7 Å². The van der Waals surface area contributed by atoms with E-state index < -0.39 is 5.54 Å². The minimum atomic E-state index is -0.704. The SMILES string of the molecule is CCC(N)(C#N)CCCOc1c(C)cccc1C. The monoisotopic (exact) mass is 246 g/mol. The molecule has 1 aromatic carbocycles. The Morgan fingerprint density at radius 3 is 2.44 bits per heavy atom. The van der Waals surface area contributed by atoms with Gasteiger partial charge in [-0.1, -0.05) is 25.1 Å². The predicted octanol–water partition coefficient (Wildman–Crippen LogP) is 3.09. The highest BCUT2D eigenvalue weighted by atomic mass is 16.5. The number of aryl methyl sites for hydroxylation is 2. The van der Waals surface area contributed by atoms with E-state index in [1.165, 1.54) is 0 Å². The molecule has 0 amide bonds. The predicted molar refractivity (Wildman–Crippen MR) is 73.5 cm³/mol. The van der Waals surface area contributed by atoms with Crippen molar-refractivity contribution in [3.8, 4) is 11.8 Å². The van der Waals surface area contributed by atoms with Crippen LogP contribution in [0.4, 0.5) is 0 Å². The summed E-state index contributed by atoms with van der Waals surface area (Å²) in [5.74, 6) is 0.952. The molecule has 0 aliphatic rings. The maximum absolute atomic E-state index is 8.97. The Kier molecular flexibility index (Phi) is 5.18. The molecule has 0 aromatic heterocycles. The summed E-state index contributed by atoms with van der Waals surface area (Å²) in [6, 6.07) is 8.27. The molecule has 98 valence electrons. The number of nitrogens with zero attached hydrogens (tertiary/aromatic N) is 1. The minimum absolute atomic E-state index is 0.603. The lowest BCUT2D eigenvalue weighted by Crippen LogP contribution is -2.37. The van der Waals surface area contributed by atoms with Crippen molar-refractivity contribution in [2.24, 2.45) is 5.73 Å². The summed E-state index contributed by atoms with van der Waals surface area (Å²) < 4.78 is 5.79. The fraction of sp³-hybridized carbons (Fsp3) is 0.533. The summed E-state index contributed by atoms with van der Waals surface area (Å²) in [7, 11) is 0. The molecule has 1 atom stereocenters. The third kappa shape index (κ3) is 3.75. The molecule has 0 saturated heterocycles. The molecule has 0 fully saturated rings. The second-order valence-electron chi connectivity index (χ2n) is 4.79. The van der Waals surface area contributed by atoms with Crippen molar-refractivity contribution in [3.05, 3.63) is 29.3 Å². The Bertz CT molecular complexity index is 416. The fourth-order valence-corrected chi connectivity index (χ4v) is 1.90. The zero-order valence-electron chi connectivity index (χ0n) is 11.5. The lowest BCUT2D eigenvalue weighted by molar-refractivity contribution is 0.288. The van der Waals surface area contributed by atoms with Gasteiger partial charge in [-0.2, -0.15) is 5.26 Å². The first kappa shape index (κ1) is 14.5. The molecular weight excluding hydrogens is 224 g/mol. The van der Waals surface area contributed by atoms with E-state index in [9.17, 15) is 0 Å². The Balaban J connectivity index is 2.46. The molecule has 0 aliphatic heterocycles. The van der Waals surface area contributed by atoms with Gasteiger partial charge < -0.3 is 10.5 Å². The third-order valence-corrected chi connectivity index (χ3v) is 3.28. The van der Waals surface area contributed by atoms with E-state index in [0.29, 0.717) is 19.4 Å². The molecule has 0 saturated carbocycles. The number of ether oxygens (including phenoxy) is 1. The van der Waals surface area contributed by atoms with E-state index in [2.05, 4.69) is 6.07 Å². The molecule has 18 heavy (non-hydrogen) atoms. The van der Waals surface area contributed by atoms with Crippen LogP contribution in [-0.4, -0.2) is 12.1 Å². The van der Waals surface area contributed by atoms with Crippen molar-refractivity contribution in [3.63, 3.8) is 0 Å². The highest BCUT2D eigenvalue weighted by Crippen LogP contribution is 2.23. The highest BCUT2D eigenvalue weighted by molar-refractivity contribution is 5.39. The second kappa shape index (κ2) is 6.42. The summed E-state index contributed by atoms with van der Waals surface area (Å²) in [5, 5.41) is 8.97. The van der Waals surface area contributed by atoms with Crippen molar-refractivity contribution in [2.45, 2.75) is 45.6 Å². The second-order valence-corrected chi connectivity index (χ2v) is 4.79. The smallest absolute Gasteiger partial charge is 0.125 e. The Morgan fingerprint density at radius 2 is 1.94 bits per heavy atom. The van der Waals surface area contributed by atoms with Crippen molar-refractivity contribution in [2.75, 3.05) is 6.61 Å². The van der Waals surface area contributed by atoms with E-state index in [1.54, 1.807) is 0 Å². The first-order chi connectivity index (χ1) is 8.52. The van der Waals surface area contributed by atoms with Crippen molar-refractivity contribution in [1.82, 2.24) is 0 Å². The van der Waals surface area contributed by atoms with E-state index >= 15 is 0 Å². The normalized spacial score (nSPS) is 13.7. The molecule has 0 radical (unpaired) electrons. The Morgan fingerprint density at radius 1 is 1.33 bits per heavy atom. The van der Waals surface area contributed by atoms with Crippen LogP contribution in [0.3, 0.4) is 0 Å². The third-order valence-electron chi connectivity index (χ3n) is 3.28. The lowest BCUT2D eigenvalue weighted by Gasteiger charge is -2.19. The van der Waals surface area contributed by atoms with Crippen LogP contribution in [0.25, 0.3) is 0 Å². The van der Waals surface area contributed by atoms with Crippen molar-refractivity contribution >= 4 is 0 Å². The van der Waals surface area contributed by atoms with Gasteiger partial charge in [0.1, 0.15) is 11.3 Å². The maximum Gasteiger partial charge on any atom is 0.125 e. The van der Waals surface area contributed by atoms with Crippen LogP contribution in [0.15, 0.2) is 18.2 Å². The molecule has 1 rings (SSSR count). The zero-order valence-corrected chi connectivity index (χ0v) is 11.5. The number of nitriles is 1. The van der Waals surface area contributed by atoms with Crippen LogP contribution in [0, 0.1) is 25.2 Å². The number of benzene rings is 1. The molecule has 3 nitrogen and oxygen atoms in total. The van der Waals surface area contributed by atoms with Crippen LogP contribution >= 0.6 is 0 Å². The highest BCUT2D eigenvalue weighted by Gasteiger charge is 2.21. The Labute approximate surface area is 110 Å². The lowest BCUT2D eigenvalue weighted by atomic mass is 9.94. The Hall–Kier alpha value is -1.53. The van der Waals surface area contributed by atoms with Gasteiger partial charge >= 0.3 is 0 Å². The molecular formula is C15H22N2O. The van der Waals surface area contributed by atoms with Crippen LogP contribution in [0.1, 0.15) is 37.3 Å². The van der Waals surface area contributed by atoms with Gasteiger partial charge in [-0.15, -0.1) is 0 Å². The largest absolute Gasteiger partial charge is 0.493 e. The molecule has 0 aliphatic carbocycles.